The highest BCUT2D eigenvalue weighted by atomic mass is 79.9. The summed E-state index contributed by atoms with van der Waals surface area (Å²) in [4.78, 5) is 0. The van der Waals surface area contributed by atoms with Crippen LogP contribution in [0.5, 0.6) is 5.75 Å². The second-order valence-electron chi connectivity index (χ2n) is 8.34. The maximum Gasteiger partial charge on any atom is 0.119 e. The normalized spacial score (nSPS) is 18.5. The topological polar surface area (TPSA) is 28.3 Å². The first-order chi connectivity index (χ1) is 15.1. The average molecular weight is 474 g/mol. The number of ether oxygens (including phenoxy) is 1. The fourth-order valence-electron chi connectivity index (χ4n) is 4.82. The summed E-state index contributed by atoms with van der Waals surface area (Å²) < 4.78 is 8.95. The third kappa shape index (κ3) is 3.90. The fourth-order valence-corrected chi connectivity index (χ4v) is 5.07. The van der Waals surface area contributed by atoms with Crippen LogP contribution in [0.3, 0.4) is 0 Å². The Morgan fingerprint density at radius 2 is 1.94 bits per heavy atom. The van der Waals surface area contributed by atoms with Crippen LogP contribution >= 0.6 is 15.9 Å². The van der Waals surface area contributed by atoms with E-state index in [1.54, 1.807) is 7.11 Å². The molecule has 0 aliphatic carbocycles. The number of rotatable bonds is 5. The second-order valence-corrected chi connectivity index (χ2v) is 9.19. The van der Waals surface area contributed by atoms with Gasteiger partial charge in [0.15, 0.2) is 0 Å². The molecule has 1 fully saturated rings. The van der Waals surface area contributed by atoms with Crippen LogP contribution in [0.1, 0.15) is 40.6 Å². The minimum atomic E-state index is 0.211. The van der Waals surface area contributed by atoms with E-state index in [0.29, 0.717) is 5.92 Å². The minimum absolute atomic E-state index is 0.211. The number of halogens is 1. The number of para-hydroxylation sites is 1. The van der Waals surface area contributed by atoms with Gasteiger partial charge in [0.25, 0.3) is 0 Å². The molecule has 31 heavy (non-hydrogen) atoms. The van der Waals surface area contributed by atoms with Crippen molar-refractivity contribution in [3.8, 4) is 5.75 Å². The average Bonchev–Trinajstić information content (AvgIpc) is 3.41. The molecule has 3 aromatic carbocycles. The second kappa shape index (κ2) is 8.52. The lowest BCUT2D eigenvalue weighted by Gasteiger charge is -2.19. The van der Waals surface area contributed by atoms with Crippen molar-refractivity contribution in [2.45, 2.75) is 31.8 Å². The predicted molar refractivity (Wildman–Crippen MR) is 130 cm³/mol. The van der Waals surface area contributed by atoms with Crippen LogP contribution in [0.25, 0.3) is 10.9 Å². The Bertz CT molecular complexity index is 1230. The Morgan fingerprint density at radius 1 is 1.06 bits per heavy atom. The summed E-state index contributed by atoms with van der Waals surface area (Å²) in [5, 5.41) is 6.36. The Morgan fingerprint density at radius 3 is 2.77 bits per heavy atom. The van der Waals surface area contributed by atoms with E-state index in [-0.39, 0.29) is 6.04 Å². The quantitative estimate of drug-likeness (QED) is 0.320. The van der Waals surface area contributed by atoms with Crippen LogP contribution < -0.4 is 10.1 Å². The summed E-state index contributed by atoms with van der Waals surface area (Å²) in [5.74, 6) is 1.30. The molecule has 0 N–H and O–H groups in total. The van der Waals surface area contributed by atoms with Gasteiger partial charge >= 0.3 is 0 Å². The highest BCUT2D eigenvalue weighted by Gasteiger charge is 2.33. The molecule has 157 valence electrons. The van der Waals surface area contributed by atoms with Crippen molar-refractivity contribution in [2.24, 2.45) is 0 Å². The van der Waals surface area contributed by atoms with Gasteiger partial charge in [0, 0.05) is 40.6 Å². The van der Waals surface area contributed by atoms with Crippen molar-refractivity contribution in [1.82, 2.24) is 9.88 Å². The lowest BCUT2D eigenvalue weighted by Crippen LogP contribution is -2.11. The van der Waals surface area contributed by atoms with Gasteiger partial charge in [-0.3, -0.25) is 0 Å². The van der Waals surface area contributed by atoms with E-state index < -0.39 is 0 Å². The van der Waals surface area contributed by atoms with Crippen molar-refractivity contribution < 1.29 is 4.74 Å². The van der Waals surface area contributed by atoms with Gasteiger partial charge in [0.1, 0.15) is 5.75 Å². The number of aromatic nitrogens is 1. The first-order valence-electron chi connectivity index (χ1n) is 10.8. The molecule has 3 nitrogen and oxygen atoms in total. The highest BCUT2D eigenvalue weighted by Crippen LogP contribution is 2.43. The summed E-state index contributed by atoms with van der Waals surface area (Å²) in [6, 6.07) is 24.0. The smallest absolute Gasteiger partial charge is 0.119 e. The molecule has 2 heterocycles. The van der Waals surface area contributed by atoms with Crippen molar-refractivity contribution >= 4 is 26.8 Å². The van der Waals surface area contributed by atoms with Crippen LogP contribution in [-0.2, 0) is 6.54 Å². The maximum absolute atomic E-state index is 5.42. The van der Waals surface area contributed by atoms with Crippen molar-refractivity contribution in [3.05, 3.63) is 99.7 Å². The molecule has 1 aromatic heterocycles. The monoisotopic (exact) mass is 473 g/mol. The number of fused-ring (bicyclic) bond motifs is 1. The number of aryl methyl sites for hydroxylation is 1. The maximum atomic E-state index is 5.42. The first kappa shape index (κ1) is 20.3. The molecule has 0 spiro atoms. The van der Waals surface area contributed by atoms with E-state index in [4.69, 9.17) is 10.1 Å². The van der Waals surface area contributed by atoms with Gasteiger partial charge in [-0.1, -0.05) is 58.4 Å². The van der Waals surface area contributed by atoms with E-state index in [9.17, 15) is 0 Å². The van der Waals surface area contributed by atoms with Crippen LogP contribution in [0, 0.1) is 6.92 Å². The summed E-state index contributed by atoms with van der Waals surface area (Å²) in [6.45, 7) is 3.89. The van der Waals surface area contributed by atoms with Crippen LogP contribution in [0.15, 0.2) is 77.4 Å². The zero-order chi connectivity index (χ0) is 21.4. The number of nitrogens with zero attached hydrogens (tertiary/aromatic N) is 2. The lowest BCUT2D eigenvalue weighted by molar-refractivity contribution is 0.414. The molecule has 2 atom stereocenters. The van der Waals surface area contributed by atoms with E-state index >= 15 is 0 Å². The van der Waals surface area contributed by atoms with Gasteiger partial charge in [0.05, 0.1) is 13.2 Å². The molecule has 4 heteroatoms. The molecular formula is C27H26BrN2O. The van der Waals surface area contributed by atoms with Crippen LogP contribution in [-0.4, -0.2) is 18.2 Å². The Balaban J connectivity index is 1.54. The largest absolute Gasteiger partial charge is 0.497 e. The molecule has 0 amide bonds. The molecule has 4 aromatic rings. The molecule has 5 rings (SSSR count). The fraction of sp³-hybridized carbons (Fsp3) is 0.259. The van der Waals surface area contributed by atoms with Gasteiger partial charge in [-0.25, -0.2) is 5.32 Å². The van der Waals surface area contributed by atoms with Crippen molar-refractivity contribution in [2.75, 3.05) is 13.7 Å². The molecule has 1 aliphatic heterocycles. The molecule has 1 aliphatic rings. The van der Waals surface area contributed by atoms with Crippen molar-refractivity contribution in [3.63, 3.8) is 0 Å². The molecule has 0 saturated carbocycles. The standard InChI is InChI=1S/C27H26BrN2O/c1-18-14-20(10-11-25(18)28)27-23(12-13-29-27)24-17-30(26-9-4-3-8-22(24)26)16-19-6-5-7-21(15-19)31-2/h3-11,14-15,17,23,27H,12-13,16H2,1-2H3. The lowest BCUT2D eigenvalue weighted by atomic mass is 9.87. The van der Waals surface area contributed by atoms with E-state index in [1.807, 2.05) is 6.07 Å². The van der Waals surface area contributed by atoms with Gasteiger partial charge in [0.2, 0.25) is 0 Å². The number of hydrogen-bond donors (Lipinski definition) is 0. The van der Waals surface area contributed by atoms with Crippen LogP contribution in [0.4, 0.5) is 0 Å². The third-order valence-electron chi connectivity index (χ3n) is 6.38. The number of benzene rings is 3. The summed E-state index contributed by atoms with van der Waals surface area (Å²) in [6.07, 6.45) is 3.45. The molecule has 1 radical (unpaired) electrons. The molecule has 0 bridgehead atoms. The molecule has 1 saturated heterocycles. The molecule has 2 unspecified atom stereocenters. The number of methoxy groups -OCH3 is 1. The third-order valence-corrected chi connectivity index (χ3v) is 7.27. The first-order valence-corrected chi connectivity index (χ1v) is 11.6. The Hall–Kier alpha value is -2.56. The predicted octanol–water partition coefficient (Wildman–Crippen LogP) is 6.60. The zero-order valence-electron chi connectivity index (χ0n) is 17.9. The SMILES string of the molecule is COc1cccc(Cn2cc(C3CC[N]C3c3ccc(Br)c(C)c3)c3ccccc32)c1. The van der Waals surface area contributed by atoms with Crippen molar-refractivity contribution in [1.29, 1.82) is 0 Å². The summed E-state index contributed by atoms with van der Waals surface area (Å²) in [7, 11) is 1.72. The van der Waals surface area contributed by atoms with E-state index in [2.05, 4.69) is 94.3 Å². The van der Waals surface area contributed by atoms with Gasteiger partial charge in [-0.2, -0.15) is 0 Å². The van der Waals surface area contributed by atoms with Crippen LogP contribution in [0.2, 0.25) is 0 Å². The summed E-state index contributed by atoms with van der Waals surface area (Å²) >= 11 is 3.63. The zero-order valence-corrected chi connectivity index (χ0v) is 19.5. The summed E-state index contributed by atoms with van der Waals surface area (Å²) in [5.41, 5.74) is 6.50. The number of hydrogen-bond acceptors (Lipinski definition) is 1. The molecular weight excluding hydrogens is 448 g/mol. The van der Waals surface area contributed by atoms with Gasteiger partial charge in [-0.05, 0) is 59.9 Å². The Kier molecular flexibility index (Phi) is 5.59. The van der Waals surface area contributed by atoms with E-state index in [0.717, 1.165) is 29.7 Å². The minimum Gasteiger partial charge on any atom is -0.497 e. The van der Waals surface area contributed by atoms with Gasteiger partial charge < -0.3 is 9.30 Å². The Labute approximate surface area is 192 Å². The van der Waals surface area contributed by atoms with E-state index in [1.165, 1.54) is 33.2 Å². The highest BCUT2D eigenvalue weighted by molar-refractivity contribution is 9.10. The van der Waals surface area contributed by atoms with Gasteiger partial charge in [-0.15, -0.1) is 0 Å².